The monoisotopic (exact) mass is 246 g/mol. The van der Waals surface area contributed by atoms with Crippen molar-refractivity contribution >= 4 is 8.60 Å². The first-order valence-electron chi connectivity index (χ1n) is 5.31. The highest BCUT2D eigenvalue weighted by atomic mass is 31.2. The molecule has 3 nitrogen and oxygen atoms in total. The van der Waals surface area contributed by atoms with E-state index in [1.54, 1.807) is 0 Å². The second-order valence-electron chi connectivity index (χ2n) is 3.76. The molecule has 1 heterocycles. The normalized spacial score (nSPS) is 13.7. The molecular formula is C13H11O3P. The summed E-state index contributed by atoms with van der Waals surface area (Å²) in [6.45, 7) is 2.02. The summed E-state index contributed by atoms with van der Waals surface area (Å²) in [5.41, 5.74) is 1.15. The molecule has 1 aliphatic rings. The molecule has 0 spiro atoms. The molecule has 0 aromatic heterocycles. The highest BCUT2D eigenvalue weighted by molar-refractivity contribution is 7.43. The van der Waals surface area contributed by atoms with Crippen molar-refractivity contribution in [3.8, 4) is 17.2 Å². The summed E-state index contributed by atoms with van der Waals surface area (Å²) in [4.78, 5) is 0. The lowest BCUT2D eigenvalue weighted by Crippen LogP contribution is -1.94. The third-order valence-corrected chi connectivity index (χ3v) is 3.42. The molecule has 0 unspecified atom stereocenters. The molecule has 0 saturated heterocycles. The highest BCUT2D eigenvalue weighted by Gasteiger charge is 2.29. The summed E-state index contributed by atoms with van der Waals surface area (Å²) >= 11 is 0. The maximum Gasteiger partial charge on any atom is 0.530 e. The van der Waals surface area contributed by atoms with Crippen LogP contribution in [0.25, 0.3) is 0 Å². The number of para-hydroxylation sites is 2. The molecular weight excluding hydrogens is 235 g/mol. The number of aryl methyl sites for hydroxylation is 1. The summed E-state index contributed by atoms with van der Waals surface area (Å²) in [5.74, 6) is 2.25. The lowest BCUT2D eigenvalue weighted by atomic mass is 10.2. The van der Waals surface area contributed by atoms with Crippen LogP contribution in [0.5, 0.6) is 17.2 Å². The summed E-state index contributed by atoms with van der Waals surface area (Å²) in [5, 5.41) is 0. The van der Waals surface area contributed by atoms with E-state index < -0.39 is 8.60 Å². The molecule has 2 aromatic rings. The van der Waals surface area contributed by atoms with Gasteiger partial charge in [0.15, 0.2) is 11.5 Å². The number of fused-ring (bicyclic) bond motifs is 1. The van der Waals surface area contributed by atoms with E-state index in [0.717, 1.165) is 22.8 Å². The van der Waals surface area contributed by atoms with Crippen molar-refractivity contribution in [2.45, 2.75) is 6.92 Å². The van der Waals surface area contributed by atoms with Gasteiger partial charge in [-0.3, -0.25) is 0 Å². The largest absolute Gasteiger partial charge is 0.530 e. The van der Waals surface area contributed by atoms with Crippen molar-refractivity contribution in [3.05, 3.63) is 54.1 Å². The summed E-state index contributed by atoms with van der Waals surface area (Å²) in [6, 6.07) is 15.4. The van der Waals surface area contributed by atoms with Crippen LogP contribution in [-0.4, -0.2) is 0 Å². The lowest BCUT2D eigenvalue weighted by molar-refractivity contribution is 0.435. The number of benzene rings is 2. The minimum Gasteiger partial charge on any atom is -0.408 e. The Balaban J connectivity index is 1.74. The van der Waals surface area contributed by atoms with Crippen LogP contribution >= 0.6 is 8.60 Å². The molecule has 86 valence electrons. The molecule has 0 bridgehead atoms. The van der Waals surface area contributed by atoms with Gasteiger partial charge in [0.05, 0.1) is 0 Å². The molecule has 0 saturated carbocycles. The quantitative estimate of drug-likeness (QED) is 0.747. The van der Waals surface area contributed by atoms with Crippen molar-refractivity contribution in [1.29, 1.82) is 0 Å². The molecule has 1 aliphatic heterocycles. The summed E-state index contributed by atoms with van der Waals surface area (Å²) in [6.07, 6.45) is 0. The van der Waals surface area contributed by atoms with E-state index in [1.807, 2.05) is 55.5 Å². The van der Waals surface area contributed by atoms with Gasteiger partial charge in [-0.05, 0) is 36.8 Å². The predicted octanol–water partition coefficient (Wildman–Crippen LogP) is 4.07. The van der Waals surface area contributed by atoms with Crippen molar-refractivity contribution in [2.24, 2.45) is 0 Å². The zero-order valence-electron chi connectivity index (χ0n) is 9.29. The Kier molecular flexibility index (Phi) is 2.62. The number of hydrogen-bond acceptors (Lipinski definition) is 3. The van der Waals surface area contributed by atoms with Gasteiger partial charge in [0.2, 0.25) is 0 Å². The van der Waals surface area contributed by atoms with E-state index >= 15 is 0 Å². The molecule has 0 fully saturated rings. The second kappa shape index (κ2) is 4.27. The van der Waals surface area contributed by atoms with Crippen LogP contribution in [0.1, 0.15) is 5.56 Å². The van der Waals surface area contributed by atoms with Crippen LogP contribution in [0.15, 0.2) is 48.5 Å². The molecule has 0 amide bonds. The highest BCUT2D eigenvalue weighted by Crippen LogP contribution is 2.52. The average molecular weight is 246 g/mol. The Hall–Kier alpha value is -1.73. The Labute approximate surface area is 101 Å². The smallest absolute Gasteiger partial charge is 0.408 e. The standard InChI is InChI=1S/C13H11O3P/c1-10-5-4-6-11(9-10)14-17-15-12-7-2-3-8-13(12)16-17/h2-9H,1H3. The first-order chi connectivity index (χ1) is 8.31. The van der Waals surface area contributed by atoms with E-state index in [1.165, 1.54) is 0 Å². The van der Waals surface area contributed by atoms with Gasteiger partial charge in [-0.15, -0.1) is 0 Å². The fraction of sp³-hybridized carbons (Fsp3) is 0.0769. The van der Waals surface area contributed by atoms with Crippen LogP contribution in [0, 0.1) is 6.92 Å². The van der Waals surface area contributed by atoms with Crippen molar-refractivity contribution in [1.82, 2.24) is 0 Å². The van der Waals surface area contributed by atoms with Crippen LogP contribution in [-0.2, 0) is 0 Å². The van der Waals surface area contributed by atoms with Crippen LogP contribution in [0.4, 0.5) is 0 Å². The van der Waals surface area contributed by atoms with Gasteiger partial charge in [-0.25, -0.2) is 0 Å². The zero-order valence-corrected chi connectivity index (χ0v) is 10.2. The first kappa shape index (κ1) is 10.4. The number of rotatable bonds is 2. The summed E-state index contributed by atoms with van der Waals surface area (Å²) < 4.78 is 16.8. The Morgan fingerprint density at radius 3 is 2.29 bits per heavy atom. The molecule has 0 aliphatic carbocycles. The fourth-order valence-electron chi connectivity index (χ4n) is 1.58. The van der Waals surface area contributed by atoms with Crippen molar-refractivity contribution in [3.63, 3.8) is 0 Å². The van der Waals surface area contributed by atoms with E-state index in [0.29, 0.717) is 0 Å². The van der Waals surface area contributed by atoms with Gasteiger partial charge in [0, 0.05) is 0 Å². The SMILES string of the molecule is Cc1cccc(OP2Oc3ccccc3O2)c1. The van der Waals surface area contributed by atoms with E-state index in [2.05, 4.69) is 0 Å². The van der Waals surface area contributed by atoms with Gasteiger partial charge >= 0.3 is 8.60 Å². The van der Waals surface area contributed by atoms with Gasteiger partial charge < -0.3 is 13.6 Å². The van der Waals surface area contributed by atoms with Crippen molar-refractivity contribution in [2.75, 3.05) is 0 Å². The minimum absolute atomic E-state index is 0.742. The average Bonchev–Trinajstić information content (AvgIpc) is 2.71. The maximum absolute atomic E-state index is 5.66. The third-order valence-electron chi connectivity index (χ3n) is 2.36. The van der Waals surface area contributed by atoms with Crippen molar-refractivity contribution < 1.29 is 13.6 Å². The zero-order chi connectivity index (χ0) is 11.7. The van der Waals surface area contributed by atoms with E-state index in [4.69, 9.17) is 13.6 Å². The molecule has 0 atom stereocenters. The molecule has 17 heavy (non-hydrogen) atoms. The molecule has 3 rings (SSSR count). The summed E-state index contributed by atoms with van der Waals surface area (Å²) in [7, 11) is -1.36. The predicted molar refractivity (Wildman–Crippen MR) is 66.4 cm³/mol. The first-order valence-corrected chi connectivity index (χ1v) is 6.40. The van der Waals surface area contributed by atoms with Gasteiger partial charge in [0.1, 0.15) is 5.75 Å². The molecule has 0 N–H and O–H groups in total. The van der Waals surface area contributed by atoms with Crippen LogP contribution < -0.4 is 13.6 Å². The van der Waals surface area contributed by atoms with Crippen LogP contribution in [0.2, 0.25) is 0 Å². The minimum atomic E-state index is -1.36. The Morgan fingerprint density at radius 2 is 1.65 bits per heavy atom. The Morgan fingerprint density at radius 1 is 0.941 bits per heavy atom. The molecule has 2 aromatic carbocycles. The third kappa shape index (κ3) is 2.20. The fourth-order valence-corrected chi connectivity index (χ4v) is 2.60. The van der Waals surface area contributed by atoms with Gasteiger partial charge in [-0.2, -0.15) is 0 Å². The molecule has 0 radical (unpaired) electrons. The van der Waals surface area contributed by atoms with Gasteiger partial charge in [0.25, 0.3) is 0 Å². The second-order valence-corrected chi connectivity index (χ2v) is 4.76. The number of hydrogen-bond donors (Lipinski definition) is 0. The van der Waals surface area contributed by atoms with Crippen LogP contribution in [0.3, 0.4) is 0 Å². The topological polar surface area (TPSA) is 27.7 Å². The lowest BCUT2D eigenvalue weighted by Gasteiger charge is -2.09. The molecule has 4 heteroatoms. The van der Waals surface area contributed by atoms with E-state index in [-0.39, 0.29) is 0 Å². The maximum atomic E-state index is 5.66. The van der Waals surface area contributed by atoms with E-state index in [9.17, 15) is 0 Å². The Bertz CT molecular complexity index is 517. The van der Waals surface area contributed by atoms with Gasteiger partial charge in [-0.1, -0.05) is 24.3 Å².